The van der Waals surface area contributed by atoms with Gasteiger partial charge in [0.15, 0.2) is 0 Å². The maximum absolute atomic E-state index is 12.6. The van der Waals surface area contributed by atoms with Crippen LogP contribution in [0.2, 0.25) is 0 Å². The van der Waals surface area contributed by atoms with Crippen molar-refractivity contribution in [2.75, 3.05) is 11.4 Å². The molecular formula is C19H17F3N4O2. The number of alkyl halides is 3. The van der Waals surface area contributed by atoms with E-state index in [2.05, 4.69) is 19.9 Å². The van der Waals surface area contributed by atoms with Crippen molar-refractivity contribution in [1.29, 1.82) is 0 Å². The highest BCUT2D eigenvalue weighted by molar-refractivity contribution is 5.91. The summed E-state index contributed by atoms with van der Waals surface area (Å²) in [7, 11) is 0. The fourth-order valence-electron chi connectivity index (χ4n) is 2.52. The van der Waals surface area contributed by atoms with E-state index in [1.165, 1.54) is 0 Å². The van der Waals surface area contributed by atoms with Gasteiger partial charge in [-0.1, -0.05) is 30.3 Å². The molecule has 0 aliphatic heterocycles. The fourth-order valence-corrected chi connectivity index (χ4v) is 2.52. The van der Waals surface area contributed by atoms with Crippen molar-refractivity contribution in [2.45, 2.75) is 19.6 Å². The summed E-state index contributed by atoms with van der Waals surface area (Å²) in [5.74, 6) is -1.61. The highest BCUT2D eigenvalue weighted by Crippen LogP contribution is 2.30. The minimum atomic E-state index is -4.69. The van der Waals surface area contributed by atoms with Crippen molar-refractivity contribution in [3.8, 4) is 11.5 Å². The third-order valence-corrected chi connectivity index (χ3v) is 3.85. The second kappa shape index (κ2) is 8.12. The van der Waals surface area contributed by atoms with E-state index in [9.17, 15) is 18.0 Å². The third-order valence-electron chi connectivity index (χ3n) is 3.85. The summed E-state index contributed by atoms with van der Waals surface area (Å²) in [6.07, 6.45) is -4.69. The summed E-state index contributed by atoms with van der Waals surface area (Å²) >= 11 is 0. The number of anilines is 1. The van der Waals surface area contributed by atoms with Crippen LogP contribution in [0, 0.1) is 0 Å². The Balaban J connectivity index is 1.80. The molecule has 0 spiro atoms. The second-order valence-corrected chi connectivity index (χ2v) is 5.86. The van der Waals surface area contributed by atoms with Crippen LogP contribution in [0.1, 0.15) is 18.4 Å². The minimum Gasteiger partial charge on any atom is -0.413 e. The molecule has 3 aromatic rings. The van der Waals surface area contributed by atoms with Crippen LogP contribution in [0.5, 0.6) is 0 Å². The van der Waals surface area contributed by atoms with Crippen LogP contribution < -0.4 is 10.2 Å². The molecule has 1 N–H and O–H groups in total. The summed E-state index contributed by atoms with van der Waals surface area (Å²) in [4.78, 5) is 14.0. The van der Waals surface area contributed by atoms with Crippen LogP contribution in [0.4, 0.5) is 23.7 Å². The van der Waals surface area contributed by atoms with Gasteiger partial charge in [-0.05, 0) is 36.8 Å². The number of nitrogens with zero attached hydrogens (tertiary/aromatic N) is 3. The molecule has 2 amide bonds. The van der Waals surface area contributed by atoms with E-state index in [1.807, 2.05) is 37.3 Å². The van der Waals surface area contributed by atoms with Crippen molar-refractivity contribution in [2.24, 2.45) is 0 Å². The Labute approximate surface area is 159 Å². The van der Waals surface area contributed by atoms with Gasteiger partial charge < -0.3 is 9.73 Å². The Morgan fingerprint density at radius 1 is 1.07 bits per heavy atom. The summed E-state index contributed by atoms with van der Waals surface area (Å²) in [5, 5.41) is 9.21. The topological polar surface area (TPSA) is 71.3 Å². The van der Waals surface area contributed by atoms with Crippen molar-refractivity contribution in [3.05, 3.63) is 66.1 Å². The predicted molar refractivity (Wildman–Crippen MR) is 96.4 cm³/mol. The number of benzene rings is 2. The summed E-state index contributed by atoms with van der Waals surface area (Å²) in [5.41, 5.74) is 1.87. The number of aromatic nitrogens is 2. The number of amides is 2. The molecule has 0 fully saturated rings. The van der Waals surface area contributed by atoms with Crippen molar-refractivity contribution < 1.29 is 22.4 Å². The molecule has 1 aromatic heterocycles. The van der Waals surface area contributed by atoms with Crippen molar-refractivity contribution in [1.82, 2.24) is 15.5 Å². The summed E-state index contributed by atoms with van der Waals surface area (Å²) in [6.45, 7) is 2.60. The number of urea groups is 1. The van der Waals surface area contributed by atoms with Crippen LogP contribution >= 0.6 is 0 Å². The number of carbonyl (C=O) groups is 1. The van der Waals surface area contributed by atoms with Gasteiger partial charge in [0.05, 0.1) is 6.54 Å². The Bertz CT molecular complexity index is 924. The zero-order chi connectivity index (χ0) is 20.1. The van der Waals surface area contributed by atoms with Gasteiger partial charge in [-0.3, -0.25) is 4.90 Å². The van der Waals surface area contributed by atoms with Crippen molar-refractivity contribution in [3.63, 3.8) is 0 Å². The van der Waals surface area contributed by atoms with Gasteiger partial charge in [-0.2, -0.15) is 13.2 Å². The SMILES string of the molecule is CCNC(=O)N(Cc1ccc(-c2nnc(C(F)(F)F)o2)cc1)c1ccccc1. The quantitative estimate of drug-likeness (QED) is 0.697. The molecule has 0 unspecified atom stereocenters. The Kier molecular flexibility index (Phi) is 5.62. The number of nitrogens with one attached hydrogen (secondary N) is 1. The first-order valence-corrected chi connectivity index (χ1v) is 8.49. The van der Waals surface area contributed by atoms with Gasteiger partial charge in [0, 0.05) is 17.8 Å². The average Bonchev–Trinajstić information content (AvgIpc) is 3.18. The molecular weight excluding hydrogens is 373 g/mol. The molecule has 0 saturated carbocycles. The first-order chi connectivity index (χ1) is 13.4. The van der Waals surface area contributed by atoms with Gasteiger partial charge >= 0.3 is 18.1 Å². The van der Waals surface area contributed by atoms with Crippen LogP contribution in [0.25, 0.3) is 11.5 Å². The highest BCUT2D eigenvalue weighted by atomic mass is 19.4. The first-order valence-electron chi connectivity index (χ1n) is 8.49. The fraction of sp³-hybridized carbons (Fsp3) is 0.211. The second-order valence-electron chi connectivity index (χ2n) is 5.86. The molecule has 146 valence electrons. The van der Waals surface area contributed by atoms with E-state index in [4.69, 9.17) is 0 Å². The first kappa shape index (κ1) is 19.4. The molecule has 0 atom stereocenters. The highest BCUT2D eigenvalue weighted by Gasteiger charge is 2.38. The van der Waals surface area contributed by atoms with Crippen molar-refractivity contribution >= 4 is 11.7 Å². The van der Waals surface area contributed by atoms with Crippen LogP contribution in [-0.4, -0.2) is 22.8 Å². The lowest BCUT2D eigenvalue weighted by molar-refractivity contribution is -0.156. The molecule has 0 aliphatic carbocycles. The van der Waals surface area contributed by atoms with E-state index in [0.717, 1.165) is 11.3 Å². The van der Waals surface area contributed by atoms with Gasteiger partial charge in [-0.15, -0.1) is 10.2 Å². The van der Waals surface area contributed by atoms with E-state index < -0.39 is 12.1 Å². The zero-order valence-electron chi connectivity index (χ0n) is 14.9. The average molecular weight is 390 g/mol. The number of hydrogen-bond acceptors (Lipinski definition) is 4. The van der Waals surface area contributed by atoms with E-state index in [0.29, 0.717) is 12.1 Å². The molecule has 3 rings (SSSR count). The lowest BCUT2D eigenvalue weighted by atomic mass is 10.1. The molecule has 0 saturated heterocycles. The van der Waals surface area contributed by atoms with Gasteiger partial charge in [0.2, 0.25) is 5.89 Å². The Hall–Kier alpha value is -3.36. The Morgan fingerprint density at radius 2 is 1.75 bits per heavy atom. The molecule has 9 heteroatoms. The Morgan fingerprint density at radius 3 is 2.32 bits per heavy atom. The maximum atomic E-state index is 12.6. The van der Waals surface area contributed by atoms with Crippen LogP contribution in [-0.2, 0) is 12.7 Å². The van der Waals surface area contributed by atoms with Crippen LogP contribution in [0.3, 0.4) is 0 Å². The third kappa shape index (κ3) is 4.48. The lowest BCUT2D eigenvalue weighted by Crippen LogP contribution is -2.39. The minimum absolute atomic E-state index is 0.220. The largest absolute Gasteiger partial charge is 0.470 e. The van der Waals surface area contributed by atoms with E-state index in [-0.39, 0.29) is 18.5 Å². The number of rotatable bonds is 5. The molecule has 0 radical (unpaired) electrons. The van der Waals surface area contributed by atoms with E-state index in [1.54, 1.807) is 29.2 Å². The van der Waals surface area contributed by atoms with Crippen LogP contribution in [0.15, 0.2) is 59.0 Å². The lowest BCUT2D eigenvalue weighted by Gasteiger charge is -2.23. The molecule has 0 bridgehead atoms. The number of para-hydroxylation sites is 1. The summed E-state index contributed by atoms with van der Waals surface area (Å²) < 4.78 is 42.4. The smallest absolute Gasteiger partial charge is 0.413 e. The summed E-state index contributed by atoms with van der Waals surface area (Å²) in [6, 6.07) is 15.5. The van der Waals surface area contributed by atoms with E-state index >= 15 is 0 Å². The number of hydrogen-bond donors (Lipinski definition) is 1. The monoisotopic (exact) mass is 390 g/mol. The predicted octanol–water partition coefficient (Wildman–Crippen LogP) is 4.49. The molecule has 1 heterocycles. The molecule has 0 aliphatic rings. The van der Waals surface area contributed by atoms with Gasteiger partial charge in [0.25, 0.3) is 0 Å². The van der Waals surface area contributed by atoms with Gasteiger partial charge in [-0.25, -0.2) is 4.79 Å². The molecule has 6 nitrogen and oxygen atoms in total. The maximum Gasteiger partial charge on any atom is 0.470 e. The van der Waals surface area contributed by atoms with Gasteiger partial charge in [0.1, 0.15) is 0 Å². The number of halogens is 3. The normalized spacial score (nSPS) is 11.3. The number of carbonyl (C=O) groups excluding carboxylic acids is 1. The molecule has 2 aromatic carbocycles. The zero-order valence-corrected chi connectivity index (χ0v) is 14.9. The molecule has 28 heavy (non-hydrogen) atoms. The standard InChI is InChI=1S/C19H17F3N4O2/c1-2-23-18(27)26(15-6-4-3-5-7-15)12-13-8-10-14(11-9-13)16-24-25-17(28-16)19(20,21)22/h3-11H,2,12H2,1H3,(H,23,27).